The molecule has 1 saturated heterocycles. The van der Waals surface area contributed by atoms with Gasteiger partial charge in [0.1, 0.15) is 10.6 Å². The first-order valence-electron chi connectivity index (χ1n) is 6.50. The summed E-state index contributed by atoms with van der Waals surface area (Å²) < 4.78 is 28.0. The van der Waals surface area contributed by atoms with E-state index in [0.717, 1.165) is 12.8 Å². The lowest BCUT2D eigenvalue weighted by atomic mass is 10.1. The number of hydrogen-bond acceptors (Lipinski definition) is 4. The van der Waals surface area contributed by atoms with Crippen LogP contribution >= 0.6 is 12.4 Å². The molecule has 0 saturated carbocycles. The van der Waals surface area contributed by atoms with Crippen LogP contribution in [0.3, 0.4) is 0 Å². The molecule has 1 unspecified atom stereocenters. The molecule has 3 N–H and O–H groups in total. The fraction of sp³-hybridized carbons (Fsp3) is 0.583. The van der Waals surface area contributed by atoms with Crippen molar-refractivity contribution >= 4 is 28.3 Å². The number of hydrogen-bond donors (Lipinski definition) is 2. The van der Waals surface area contributed by atoms with Gasteiger partial charge in [-0.15, -0.1) is 12.4 Å². The lowest BCUT2D eigenvalue weighted by Gasteiger charge is -2.29. The van der Waals surface area contributed by atoms with Gasteiger partial charge in [-0.2, -0.15) is 4.31 Å². The van der Waals surface area contributed by atoms with Crippen LogP contribution in [-0.4, -0.2) is 49.4 Å². The average Bonchev–Trinajstić information content (AvgIpc) is 2.80. The molecule has 1 aliphatic heterocycles. The Bertz CT molecular complexity index is 614. The zero-order valence-electron chi connectivity index (χ0n) is 12.1. The molecule has 0 radical (unpaired) electrons. The van der Waals surface area contributed by atoms with Crippen LogP contribution < -0.4 is 11.1 Å². The maximum Gasteiger partial charge on any atom is 0.267 e. The number of halogens is 1. The molecular weight excluding hydrogens is 316 g/mol. The Hall–Kier alpha value is -1.09. The molecule has 0 bridgehead atoms. The number of piperidine rings is 1. The van der Waals surface area contributed by atoms with Crippen LogP contribution in [0.25, 0.3) is 0 Å². The Morgan fingerprint density at radius 3 is 2.71 bits per heavy atom. The van der Waals surface area contributed by atoms with E-state index >= 15 is 0 Å². The second kappa shape index (κ2) is 6.78. The van der Waals surface area contributed by atoms with Gasteiger partial charge in [0.2, 0.25) is 10.0 Å². The Kier molecular flexibility index (Phi) is 5.80. The normalized spacial score (nSPS) is 19.9. The molecule has 0 aliphatic carbocycles. The van der Waals surface area contributed by atoms with Crippen molar-refractivity contribution in [3.8, 4) is 0 Å². The molecule has 1 atom stereocenters. The van der Waals surface area contributed by atoms with Crippen molar-refractivity contribution in [1.82, 2.24) is 14.2 Å². The molecule has 2 rings (SSSR count). The minimum absolute atomic E-state index is 0. The van der Waals surface area contributed by atoms with Crippen LogP contribution in [0.4, 0.5) is 0 Å². The summed E-state index contributed by atoms with van der Waals surface area (Å²) in [6, 6.07) is 1.27. The first kappa shape index (κ1) is 18.0. The molecule has 2 heterocycles. The van der Waals surface area contributed by atoms with Gasteiger partial charge in [-0.25, -0.2) is 8.42 Å². The van der Waals surface area contributed by atoms with E-state index in [1.807, 2.05) is 0 Å². The minimum atomic E-state index is -3.59. The predicted molar refractivity (Wildman–Crippen MR) is 82.0 cm³/mol. The van der Waals surface area contributed by atoms with E-state index in [9.17, 15) is 13.2 Å². The predicted octanol–water partition coefficient (Wildman–Crippen LogP) is -0.0817. The van der Waals surface area contributed by atoms with E-state index < -0.39 is 10.0 Å². The Morgan fingerprint density at radius 1 is 1.48 bits per heavy atom. The van der Waals surface area contributed by atoms with E-state index in [0.29, 0.717) is 18.8 Å². The molecule has 9 heteroatoms. The first-order valence-corrected chi connectivity index (χ1v) is 7.94. The molecule has 7 nitrogen and oxygen atoms in total. The third kappa shape index (κ3) is 3.57. The number of nitrogens with two attached hydrogens (primary N) is 1. The largest absolute Gasteiger partial charge is 0.354 e. The third-order valence-electron chi connectivity index (χ3n) is 3.50. The van der Waals surface area contributed by atoms with Crippen molar-refractivity contribution in [1.29, 1.82) is 0 Å². The number of nitrogens with zero attached hydrogens (tertiary/aromatic N) is 2. The molecule has 120 valence electrons. The van der Waals surface area contributed by atoms with Crippen molar-refractivity contribution in [2.45, 2.75) is 23.8 Å². The highest BCUT2D eigenvalue weighted by Gasteiger charge is 2.30. The maximum atomic E-state index is 12.5. The van der Waals surface area contributed by atoms with Gasteiger partial charge < -0.3 is 15.6 Å². The number of amides is 1. The summed E-state index contributed by atoms with van der Waals surface area (Å²) in [6.07, 6.45) is 3.06. The molecule has 1 aromatic heterocycles. The molecule has 1 amide bonds. The van der Waals surface area contributed by atoms with Crippen LogP contribution in [0.2, 0.25) is 0 Å². The van der Waals surface area contributed by atoms with Gasteiger partial charge in [0, 0.05) is 39.4 Å². The number of sulfonamides is 1. The Balaban J connectivity index is 0.00000220. The van der Waals surface area contributed by atoms with Gasteiger partial charge in [-0.05, 0) is 18.9 Å². The van der Waals surface area contributed by atoms with E-state index in [1.54, 1.807) is 7.05 Å². The summed E-state index contributed by atoms with van der Waals surface area (Å²) in [7, 11) is -0.434. The van der Waals surface area contributed by atoms with Crippen LogP contribution in [0, 0.1) is 0 Å². The van der Waals surface area contributed by atoms with E-state index in [-0.39, 0.29) is 29.3 Å². The Morgan fingerprint density at radius 2 is 2.14 bits per heavy atom. The molecule has 1 fully saturated rings. The summed E-state index contributed by atoms with van der Waals surface area (Å²) in [6.45, 7) is 0.798. The highest BCUT2D eigenvalue weighted by Crippen LogP contribution is 2.22. The van der Waals surface area contributed by atoms with Crippen molar-refractivity contribution in [2.75, 3.05) is 20.1 Å². The second-order valence-corrected chi connectivity index (χ2v) is 6.95. The van der Waals surface area contributed by atoms with Crippen molar-refractivity contribution in [2.24, 2.45) is 12.8 Å². The molecule has 0 aromatic carbocycles. The number of aromatic nitrogens is 1. The molecule has 0 spiro atoms. The van der Waals surface area contributed by atoms with Crippen molar-refractivity contribution < 1.29 is 13.2 Å². The van der Waals surface area contributed by atoms with Crippen LogP contribution in [-0.2, 0) is 17.1 Å². The summed E-state index contributed by atoms with van der Waals surface area (Å²) >= 11 is 0. The van der Waals surface area contributed by atoms with Gasteiger partial charge >= 0.3 is 0 Å². The number of carbonyl (C=O) groups excluding carboxylic acids is 1. The van der Waals surface area contributed by atoms with Gasteiger partial charge in [0.25, 0.3) is 5.91 Å². The third-order valence-corrected chi connectivity index (χ3v) is 5.33. The number of nitrogens with one attached hydrogen (secondary N) is 1. The van der Waals surface area contributed by atoms with E-state index in [1.165, 1.54) is 28.2 Å². The van der Waals surface area contributed by atoms with Crippen LogP contribution in [0.5, 0.6) is 0 Å². The van der Waals surface area contributed by atoms with Crippen LogP contribution in [0.1, 0.15) is 23.3 Å². The highest BCUT2D eigenvalue weighted by atomic mass is 35.5. The zero-order valence-corrected chi connectivity index (χ0v) is 13.7. The van der Waals surface area contributed by atoms with Gasteiger partial charge in [0.05, 0.1) is 0 Å². The fourth-order valence-electron chi connectivity index (χ4n) is 2.37. The number of carbonyl (C=O) groups is 1. The monoisotopic (exact) mass is 336 g/mol. The quantitative estimate of drug-likeness (QED) is 0.806. The van der Waals surface area contributed by atoms with Crippen LogP contribution in [0.15, 0.2) is 17.2 Å². The molecule has 1 aliphatic rings. The summed E-state index contributed by atoms with van der Waals surface area (Å²) in [5.41, 5.74) is 6.14. The summed E-state index contributed by atoms with van der Waals surface area (Å²) in [5.74, 6) is -0.315. The van der Waals surface area contributed by atoms with Gasteiger partial charge in [0.15, 0.2) is 0 Å². The average molecular weight is 337 g/mol. The molecule has 1 aromatic rings. The highest BCUT2D eigenvalue weighted by molar-refractivity contribution is 7.89. The molecular formula is C12H21ClN4O3S. The summed E-state index contributed by atoms with van der Waals surface area (Å²) in [5, 5.41) is 2.49. The number of aryl methyl sites for hydroxylation is 1. The maximum absolute atomic E-state index is 12.5. The minimum Gasteiger partial charge on any atom is -0.354 e. The first-order chi connectivity index (χ1) is 9.36. The lowest BCUT2D eigenvalue weighted by molar-refractivity contribution is 0.0955. The standard InChI is InChI=1S/C12H20N4O3S.ClH/c1-14-12(17)11-6-10(8-15(11)2)20(18,19)16-5-3-4-9(13)7-16;/h6,8-9H,3-5,7,13H2,1-2H3,(H,14,17);1H. The summed E-state index contributed by atoms with van der Waals surface area (Å²) in [4.78, 5) is 11.8. The smallest absolute Gasteiger partial charge is 0.267 e. The van der Waals surface area contributed by atoms with E-state index in [2.05, 4.69) is 5.32 Å². The second-order valence-electron chi connectivity index (χ2n) is 5.02. The van der Waals surface area contributed by atoms with E-state index in [4.69, 9.17) is 5.73 Å². The van der Waals surface area contributed by atoms with Gasteiger partial charge in [-0.1, -0.05) is 0 Å². The van der Waals surface area contributed by atoms with Crippen molar-refractivity contribution in [3.63, 3.8) is 0 Å². The van der Waals surface area contributed by atoms with Gasteiger partial charge in [-0.3, -0.25) is 4.79 Å². The van der Waals surface area contributed by atoms with Crippen molar-refractivity contribution in [3.05, 3.63) is 18.0 Å². The molecule has 21 heavy (non-hydrogen) atoms. The SMILES string of the molecule is CNC(=O)c1cc(S(=O)(=O)N2CCCC(N)C2)cn1C.Cl. The zero-order chi connectivity index (χ0) is 14.9. The topological polar surface area (TPSA) is 97.4 Å². The fourth-order valence-corrected chi connectivity index (χ4v) is 3.98. The number of rotatable bonds is 3. The lowest BCUT2D eigenvalue weighted by Crippen LogP contribution is -2.45. The Labute approximate surface area is 130 Å².